The van der Waals surface area contributed by atoms with E-state index in [0.717, 1.165) is 5.56 Å². The van der Waals surface area contributed by atoms with Crippen LogP contribution in [-0.2, 0) is 25.8 Å². The summed E-state index contributed by atoms with van der Waals surface area (Å²) in [7, 11) is 0. The number of hydrogen-bond acceptors (Lipinski definition) is 5. The molecule has 5 heteroatoms. The fraction of sp³-hybridized carbons (Fsp3) is 0.385. The van der Waals surface area contributed by atoms with Crippen molar-refractivity contribution in [3.63, 3.8) is 0 Å². The highest BCUT2D eigenvalue weighted by Crippen LogP contribution is 2.09. The minimum atomic E-state index is -0.522. The molecule has 1 atom stereocenters. The summed E-state index contributed by atoms with van der Waals surface area (Å²) < 4.78 is 5.07. The minimum Gasteiger partial charge on any atom is -0.461 e. The lowest BCUT2D eigenvalue weighted by atomic mass is 10.1. The smallest absolute Gasteiger partial charge is 0.327 e. The topological polar surface area (TPSA) is 78.6 Å². The molecule has 0 bridgehead atoms. The van der Waals surface area contributed by atoms with E-state index in [1.54, 1.807) is 6.92 Å². The van der Waals surface area contributed by atoms with Gasteiger partial charge in [0.15, 0.2) is 0 Å². The largest absolute Gasteiger partial charge is 0.461 e. The van der Waals surface area contributed by atoms with Gasteiger partial charge in [0.1, 0.15) is 6.61 Å². The van der Waals surface area contributed by atoms with Crippen molar-refractivity contribution in [3.05, 3.63) is 35.9 Å². The highest BCUT2D eigenvalue weighted by atomic mass is 16.7. The lowest BCUT2D eigenvalue weighted by Gasteiger charge is -2.08. The molecule has 1 unspecified atom stereocenters. The molecule has 1 rings (SSSR count). The predicted octanol–water partition coefficient (Wildman–Crippen LogP) is 1.56. The first-order valence-corrected chi connectivity index (χ1v) is 5.73. The second kappa shape index (κ2) is 7.45. The number of nitrogens with two attached hydrogens (primary N) is 1. The van der Waals surface area contributed by atoms with Crippen LogP contribution in [0.3, 0.4) is 0 Å². The van der Waals surface area contributed by atoms with Gasteiger partial charge in [0, 0.05) is 6.42 Å². The highest BCUT2D eigenvalue weighted by Gasteiger charge is 2.15. The second-order valence-corrected chi connectivity index (χ2v) is 4.02. The zero-order chi connectivity index (χ0) is 13.4. The molecule has 0 amide bonds. The van der Waals surface area contributed by atoms with Crippen molar-refractivity contribution < 1.29 is 19.2 Å². The SMILES string of the molecule is CC(CCC(=O)OCc1ccccc1)C(=O)ON. The summed E-state index contributed by atoms with van der Waals surface area (Å²) in [6, 6.07) is 9.40. The van der Waals surface area contributed by atoms with Crippen LogP contribution in [0.25, 0.3) is 0 Å². The Morgan fingerprint density at radius 2 is 1.94 bits per heavy atom. The normalized spacial score (nSPS) is 11.7. The first-order chi connectivity index (χ1) is 8.63. The molecule has 0 fully saturated rings. The number of rotatable bonds is 6. The third-order valence-electron chi connectivity index (χ3n) is 2.54. The number of carbonyl (C=O) groups excluding carboxylic acids is 2. The van der Waals surface area contributed by atoms with E-state index in [-0.39, 0.29) is 19.0 Å². The van der Waals surface area contributed by atoms with E-state index in [0.29, 0.717) is 6.42 Å². The molecule has 5 nitrogen and oxygen atoms in total. The molecule has 0 saturated carbocycles. The minimum absolute atomic E-state index is 0.170. The van der Waals surface area contributed by atoms with Gasteiger partial charge in [0.2, 0.25) is 0 Å². The van der Waals surface area contributed by atoms with Gasteiger partial charge in [-0.1, -0.05) is 37.3 Å². The van der Waals surface area contributed by atoms with E-state index in [9.17, 15) is 9.59 Å². The second-order valence-electron chi connectivity index (χ2n) is 4.02. The van der Waals surface area contributed by atoms with Gasteiger partial charge in [-0.2, -0.15) is 5.90 Å². The van der Waals surface area contributed by atoms with Crippen LogP contribution in [0, 0.1) is 5.92 Å². The Morgan fingerprint density at radius 1 is 1.28 bits per heavy atom. The lowest BCUT2D eigenvalue weighted by Crippen LogP contribution is -2.19. The molecule has 18 heavy (non-hydrogen) atoms. The van der Waals surface area contributed by atoms with Crippen molar-refractivity contribution in [2.45, 2.75) is 26.4 Å². The van der Waals surface area contributed by atoms with Gasteiger partial charge in [-0.05, 0) is 12.0 Å². The standard InChI is InChI=1S/C13H17NO4/c1-10(13(16)18-14)7-8-12(15)17-9-11-5-3-2-4-6-11/h2-6,10H,7-9,14H2,1H3. The van der Waals surface area contributed by atoms with Crippen LogP contribution in [0.5, 0.6) is 0 Å². The summed E-state index contributed by atoms with van der Waals surface area (Å²) in [4.78, 5) is 26.5. The first-order valence-electron chi connectivity index (χ1n) is 5.73. The Hall–Kier alpha value is -1.88. The van der Waals surface area contributed by atoms with E-state index < -0.39 is 11.9 Å². The summed E-state index contributed by atoms with van der Waals surface area (Å²) in [6.45, 7) is 1.90. The van der Waals surface area contributed by atoms with Crippen LogP contribution in [0.15, 0.2) is 30.3 Å². The maximum Gasteiger partial charge on any atom is 0.327 e. The summed E-state index contributed by atoms with van der Waals surface area (Å²) in [6.07, 6.45) is 0.534. The van der Waals surface area contributed by atoms with Gasteiger partial charge < -0.3 is 9.57 Å². The van der Waals surface area contributed by atoms with E-state index in [4.69, 9.17) is 10.6 Å². The first kappa shape index (κ1) is 14.2. The zero-order valence-electron chi connectivity index (χ0n) is 10.3. The summed E-state index contributed by atoms with van der Waals surface area (Å²) in [5.41, 5.74) is 0.931. The van der Waals surface area contributed by atoms with Crippen molar-refractivity contribution in [1.82, 2.24) is 0 Å². The average molecular weight is 251 g/mol. The van der Waals surface area contributed by atoms with Crippen molar-refractivity contribution in [1.29, 1.82) is 0 Å². The Labute approximate surface area is 106 Å². The quantitative estimate of drug-likeness (QED) is 0.613. The van der Waals surface area contributed by atoms with Crippen molar-refractivity contribution in [2.24, 2.45) is 11.8 Å². The maximum atomic E-state index is 11.4. The predicted molar refractivity (Wildman–Crippen MR) is 64.9 cm³/mol. The number of carbonyl (C=O) groups is 2. The number of esters is 1. The van der Waals surface area contributed by atoms with Gasteiger partial charge in [0.25, 0.3) is 0 Å². The maximum absolute atomic E-state index is 11.4. The van der Waals surface area contributed by atoms with E-state index in [2.05, 4.69) is 4.84 Å². The number of hydrogen-bond donors (Lipinski definition) is 1. The van der Waals surface area contributed by atoms with E-state index in [1.807, 2.05) is 30.3 Å². The molecule has 0 radical (unpaired) electrons. The monoisotopic (exact) mass is 251 g/mol. The van der Waals surface area contributed by atoms with Gasteiger partial charge in [0.05, 0.1) is 5.92 Å². The van der Waals surface area contributed by atoms with E-state index >= 15 is 0 Å². The van der Waals surface area contributed by atoms with E-state index in [1.165, 1.54) is 0 Å². The van der Waals surface area contributed by atoms with Gasteiger partial charge in [-0.25, -0.2) is 0 Å². The molecular weight excluding hydrogens is 234 g/mol. The number of benzene rings is 1. The summed E-state index contributed by atoms with van der Waals surface area (Å²) in [5.74, 6) is 3.49. The lowest BCUT2D eigenvalue weighted by molar-refractivity contribution is -0.150. The Kier molecular flexibility index (Phi) is 5.87. The molecule has 0 aliphatic heterocycles. The van der Waals surface area contributed by atoms with Crippen LogP contribution in [0.2, 0.25) is 0 Å². The van der Waals surface area contributed by atoms with Crippen molar-refractivity contribution >= 4 is 11.9 Å². The van der Waals surface area contributed by atoms with Gasteiger partial charge >= 0.3 is 11.9 Å². The molecule has 0 aliphatic rings. The third-order valence-corrected chi connectivity index (χ3v) is 2.54. The van der Waals surface area contributed by atoms with Crippen LogP contribution in [-0.4, -0.2) is 11.9 Å². The van der Waals surface area contributed by atoms with Crippen LogP contribution < -0.4 is 5.90 Å². The molecule has 2 N–H and O–H groups in total. The Bertz CT molecular complexity index is 391. The third kappa shape index (κ3) is 4.97. The average Bonchev–Trinajstić information content (AvgIpc) is 2.42. The molecule has 1 aromatic carbocycles. The number of ether oxygens (including phenoxy) is 1. The molecule has 0 aromatic heterocycles. The molecular formula is C13H17NO4. The molecule has 0 saturated heterocycles. The highest BCUT2D eigenvalue weighted by molar-refractivity contribution is 5.74. The molecule has 0 heterocycles. The van der Waals surface area contributed by atoms with Crippen molar-refractivity contribution in [3.8, 4) is 0 Å². The summed E-state index contributed by atoms with van der Waals surface area (Å²) in [5, 5.41) is 0. The fourth-order valence-corrected chi connectivity index (χ4v) is 1.38. The fourth-order valence-electron chi connectivity index (χ4n) is 1.38. The van der Waals surface area contributed by atoms with Gasteiger partial charge in [-0.3, -0.25) is 9.59 Å². The van der Waals surface area contributed by atoms with Gasteiger partial charge in [-0.15, -0.1) is 0 Å². The van der Waals surface area contributed by atoms with Crippen molar-refractivity contribution in [2.75, 3.05) is 0 Å². The Morgan fingerprint density at radius 3 is 2.56 bits per heavy atom. The van der Waals surface area contributed by atoms with Crippen LogP contribution >= 0.6 is 0 Å². The molecule has 0 spiro atoms. The molecule has 98 valence electrons. The molecule has 1 aromatic rings. The van der Waals surface area contributed by atoms with Crippen LogP contribution in [0.1, 0.15) is 25.3 Å². The summed E-state index contributed by atoms with van der Waals surface area (Å²) >= 11 is 0. The van der Waals surface area contributed by atoms with Crippen LogP contribution in [0.4, 0.5) is 0 Å². The zero-order valence-corrected chi connectivity index (χ0v) is 10.3. The Balaban J connectivity index is 2.24. The molecule has 0 aliphatic carbocycles.